The van der Waals surface area contributed by atoms with E-state index in [9.17, 15) is 4.79 Å². The molecule has 9 heavy (non-hydrogen) atoms. The number of hydrogen-bond acceptors (Lipinski definition) is 3. The van der Waals surface area contributed by atoms with Crippen LogP contribution >= 0.6 is 11.3 Å². The van der Waals surface area contributed by atoms with E-state index >= 15 is 0 Å². The van der Waals surface area contributed by atoms with Gasteiger partial charge in [-0.05, 0) is 0 Å². The van der Waals surface area contributed by atoms with Crippen molar-refractivity contribution in [2.45, 2.75) is 0 Å². The monoisotopic (exact) mass is 139 g/mol. The van der Waals surface area contributed by atoms with E-state index < -0.39 is 0 Å². The number of carbonyl (C=O) groups is 1. The van der Waals surface area contributed by atoms with E-state index in [2.05, 4.69) is 11.6 Å². The molecule has 0 amide bonds. The van der Waals surface area contributed by atoms with E-state index in [1.165, 1.54) is 11.3 Å². The van der Waals surface area contributed by atoms with E-state index in [-0.39, 0.29) is 0 Å². The van der Waals surface area contributed by atoms with Crippen molar-refractivity contribution in [2.24, 2.45) is 0 Å². The number of carbonyl (C=O) groups excluding carboxylic acids is 1. The van der Waals surface area contributed by atoms with E-state index in [0.29, 0.717) is 17.6 Å². The molecule has 1 aromatic rings. The first-order valence-corrected chi connectivity index (χ1v) is 3.31. The fourth-order valence-corrected chi connectivity index (χ4v) is 1.01. The van der Waals surface area contributed by atoms with Crippen LogP contribution in [0.4, 0.5) is 0 Å². The Morgan fingerprint density at radius 3 is 3.11 bits per heavy atom. The topological polar surface area (TPSA) is 30.0 Å². The number of aldehydes is 1. The highest BCUT2D eigenvalue weighted by atomic mass is 32.1. The van der Waals surface area contributed by atoms with Gasteiger partial charge < -0.3 is 0 Å². The van der Waals surface area contributed by atoms with Gasteiger partial charge in [-0.3, -0.25) is 4.79 Å². The average Bonchev–Trinajstić information content (AvgIpc) is 2.37. The molecular formula is C6H5NOS. The summed E-state index contributed by atoms with van der Waals surface area (Å²) in [5.41, 5.74) is 2.79. The van der Waals surface area contributed by atoms with Crippen LogP contribution in [0.5, 0.6) is 0 Å². The Morgan fingerprint density at radius 2 is 2.67 bits per heavy atom. The van der Waals surface area contributed by atoms with Crippen molar-refractivity contribution in [1.82, 2.24) is 4.98 Å². The lowest BCUT2D eigenvalue weighted by atomic mass is 10.3. The Bertz CT molecular complexity index is 215. The minimum absolute atomic E-state index is 0.441. The van der Waals surface area contributed by atoms with Crippen LogP contribution < -0.4 is 0 Å². The first-order chi connectivity index (χ1) is 4.34. The Labute approximate surface area is 56.9 Å². The lowest BCUT2D eigenvalue weighted by Crippen LogP contribution is -1.80. The fraction of sp³-hybridized carbons (Fsp3) is 0. The third-order valence-electron chi connectivity index (χ3n) is 0.904. The molecule has 0 unspecified atom stereocenters. The summed E-state index contributed by atoms with van der Waals surface area (Å²) >= 11 is 1.45. The average molecular weight is 139 g/mol. The summed E-state index contributed by atoms with van der Waals surface area (Å²) in [6.45, 7) is 3.49. The van der Waals surface area contributed by atoms with Crippen molar-refractivity contribution < 1.29 is 4.79 Å². The Balaban J connectivity index is 2.89. The molecule has 1 aromatic heterocycles. The molecule has 1 rings (SSSR count). The largest absolute Gasteiger partial charge is 0.298 e. The second-order valence-electron chi connectivity index (χ2n) is 1.52. The molecule has 0 atom stereocenters. The number of hydrogen-bond donors (Lipinski definition) is 0. The van der Waals surface area contributed by atoms with Gasteiger partial charge in [0.05, 0.1) is 11.2 Å². The van der Waals surface area contributed by atoms with Crippen LogP contribution in [-0.2, 0) is 4.79 Å². The van der Waals surface area contributed by atoms with Gasteiger partial charge in [0, 0.05) is 11.0 Å². The predicted octanol–water partition coefficient (Wildman–Crippen LogP) is 1.36. The second kappa shape index (κ2) is 2.55. The third kappa shape index (κ3) is 1.23. The van der Waals surface area contributed by atoms with Crippen molar-refractivity contribution in [3.8, 4) is 0 Å². The molecule has 0 aliphatic heterocycles. The molecule has 3 heteroatoms. The minimum Gasteiger partial charge on any atom is -0.298 e. The third-order valence-corrected chi connectivity index (χ3v) is 1.49. The van der Waals surface area contributed by atoms with Crippen molar-refractivity contribution >= 4 is 23.2 Å². The smallest absolute Gasteiger partial charge is 0.151 e. The van der Waals surface area contributed by atoms with E-state index in [4.69, 9.17) is 0 Å². The highest BCUT2D eigenvalue weighted by Crippen LogP contribution is 2.08. The quantitative estimate of drug-likeness (QED) is 0.457. The van der Waals surface area contributed by atoms with Gasteiger partial charge in [0.15, 0.2) is 6.29 Å². The van der Waals surface area contributed by atoms with Crippen LogP contribution in [0.1, 0.15) is 5.69 Å². The van der Waals surface area contributed by atoms with Gasteiger partial charge in [0.1, 0.15) is 0 Å². The Kier molecular flexibility index (Phi) is 1.75. The number of nitrogens with zero attached hydrogens (tertiary/aromatic N) is 1. The number of aromatic nitrogens is 1. The van der Waals surface area contributed by atoms with Gasteiger partial charge in [-0.1, -0.05) is 6.58 Å². The van der Waals surface area contributed by atoms with Gasteiger partial charge in [0.2, 0.25) is 0 Å². The molecule has 0 aromatic carbocycles. The van der Waals surface area contributed by atoms with Crippen LogP contribution in [0.25, 0.3) is 5.57 Å². The summed E-state index contributed by atoms with van der Waals surface area (Å²) in [5.74, 6) is 0. The minimum atomic E-state index is 0.441. The molecule has 0 spiro atoms. The summed E-state index contributed by atoms with van der Waals surface area (Å²) in [6, 6.07) is 0. The highest BCUT2D eigenvalue weighted by Gasteiger charge is 1.95. The lowest BCUT2D eigenvalue weighted by molar-refractivity contribution is -0.103. The molecule has 0 bridgehead atoms. The van der Waals surface area contributed by atoms with E-state index in [0.717, 1.165) is 0 Å². The van der Waals surface area contributed by atoms with Gasteiger partial charge >= 0.3 is 0 Å². The molecule has 1 heterocycles. The van der Waals surface area contributed by atoms with E-state index in [1.807, 2.05) is 0 Å². The molecule has 46 valence electrons. The van der Waals surface area contributed by atoms with Gasteiger partial charge in [-0.25, -0.2) is 4.98 Å². The summed E-state index contributed by atoms with van der Waals surface area (Å²) in [6.07, 6.45) is 0.703. The van der Waals surface area contributed by atoms with Crippen molar-refractivity contribution in [2.75, 3.05) is 0 Å². The lowest BCUT2D eigenvalue weighted by Gasteiger charge is -1.84. The Morgan fingerprint density at radius 1 is 1.89 bits per heavy atom. The maximum Gasteiger partial charge on any atom is 0.151 e. The second-order valence-corrected chi connectivity index (χ2v) is 2.24. The zero-order chi connectivity index (χ0) is 6.69. The number of allylic oxidation sites excluding steroid dienone is 1. The molecular weight excluding hydrogens is 134 g/mol. The Hall–Kier alpha value is -0.960. The van der Waals surface area contributed by atoms with Gasteiger partial charge in [-0.15, -0.1) is 11.3 Å². The summed E-state index contributed by atoms with van der Waals surface area (Å²) in [4.78, 5) is 13.9. The summed E-state index contributed by atoms with van der Waals surface area (Å²) < 4.78 is 0. The fourth-order valence-electron chi connectivity index (χ4n) is 0.431. The first kappa shape index (κ1) is 6.16. The van der Waals surface area contributed by atoms with E-state index in [1.54, 1.807) is 10.9 Å². The first-order valence-electron chi connectivity index (χ1n) is 2.37. The van der Waals surface area contributed by atoms with Crippen LogP contribution in [0, 0.1) is 0 Å². The summed E-state index contributed by atoms with van der Waals surface area (Å²) in [7, 11) is 0. The molecule has 0 aliphatic rings. The highest BCUT2D eigenvalue weighted by molar-refractivity contribution is 7.07. The molecule has 0 saturated heterocycles. The maximum atomic E-state index is 10.1. The molecule has 0 radical (unpaired) electrons. The standard InChI is InChI=1S/C6H5NOS/c1-5(2-8)6-3-9-4-7-6/h2-4H,1H2. The number of thiazole rings is 1. The SMILES string of the molecule is C=C(C=O)c1cscn1. The zero-order valence-corrected chi connectivity index (χ0v) is 5.52. The van der Waals surface area contributed by atoms with Crippen molar-refractivity contribution in [3.63, 3.8) is 0 Å². The van der Waals surface area contributed by atoms with Crippen LogP contribution in [0.3, 0.4) is 0 Å². The molecule has 0 saturated carbocycles. The van der Waals surface area contributed by atoms with Gasteiger partial charge in [-0.2, -0.15) is 0 Å². The maximum absolute atomic E-state index is 10.1. The molecule has 0 aliphatic carbocycles. The van der Waals surface area contributed by atoms with Crippen LogP contribution in [-0.4, -0.2) is 11.3 Å². The normalized spacial score (nSPS) is 8.89. The van der Waals surface area contributed by atoms with Crippen LogP contribution in [0.2, 0.25) is 0 Å². The van der Waals surface area contributed by atoms with Crippen molar-refractivity contribution in [1.29, 1.82) is 0 Å². The predicted molar refractivity (Wildman–Crippen MR) is 37.2 cm³/mol. The molecule has 0 fully saturated rings. The number of rotatable bonds is 2. The molecule has 2 nitrogen and oxygen atoms in total. The van der Waals surface area contributed by atoms with Crippen molar-refractivity contribution in [3.05, 3.63) is 23.2 Å². The summed E-state index contributed by atoms with van der Waals surface area (Å²) in [5, 5.41) is 1.79. The zero-order valence-electron chi connectivity index (χ0n) is 4.70. The molecule has 0 N–H and O–H groups in total. The van der Waals surface area contributed by atoms with Gasteiger partial charge in [0.25, 0.3) is 0 Å². The van der Waals surface area contributed by atoms with Crippen LogP contribution in [0.15, 0.2) is 17.5 Å².